The van der Waals surface area contributed by atoms with Crippen LogP contribution in [0.4, 0.5) is 9.52 Å². The monoisotopic (exact) mass is 354 g/mol. The van der Waals surface area contributed by atoms with E-state index in [0.717, 1.165) is 0 Å². The Morgan fingerprint density at radius 3 is 2.82 bits per heavy atom. The van der Waals surface area contributed by atoms with E-state index in [1.807, 2.05) is 0 Å². The molecule has 0 radical (unpaired) electrons. The van der Waals surface area contributed by atoms with Gasteiger partial charge in [0.15, 0.2) is 5.13 Å². The first kappa shape index (κ1) is 15.2. The standard InChI is InChI=1S/C15H9Cl2FN2OS/c16-9-2-1-8(11(17)6-9)5-14(21)20-15-19-12-4-3-10(18)7-13(12)22-15/h1-4,6-7H,5H2,(H,19,20,21). The molecule has 1 aromatic heterocycles. The van der Waals surface area contributed by atoms with E-state index >= 15 is 0 Å². The Hall–Kier alpha value is -1.69. The van der Waals surface area contributed by atoms with Gasteiger partial charge in [-0.15, -0.1) is 0 Å². The van der Waals surface area contributed by atoms with Crippen molar-refractivity contribution in [1.29, 1.82) is 0 Å². The van der Waals surface area contributed by atoms with E-state index in [0.29, 0.717) is 31.0 Å². The lowest BCUT2D eigenvalue weighted by molar-refractivity contribution is -0.115. The number of hydrogen-bond acceptors (Lipinski definition) is 3. The number of carbonyl (C=O) groups is 1. The van der Waals surface area contributed by atoms with Crippen LogP contribution in [-0.2, 0) is 11.2 Å². The minimum Gasteiger partial charge on any atom is -0.302 e. The summed E-state index contributed by atoms with van der Waals surface area (Å²) in [6, 6.07) is 9.27. The molecule has 3 nitrogen and oxygen atoms in total. The minimum absolute atomic E-state index is 0.111. The van der Waals surface area contributed by atoms with Gasteiger partial charge in [0.1, 0.15) is 5.82 Å². The summed E-state index contributed by atoms with van der Waals surface area (Å²) >= 11 is 13.1. The number of aromatic nitrogens is 1. The Balaban J connectivity index is 1.75. The molecule has 112 valence electrons. The number of fused-ring (bicyclic) bond motifs is 1. The van der Waals surface area contributed by atoms with Crippen LogP contribution in [0.15, 0.2) is 36.4 Å². The lowest BCUT2D eigenvalue weighted by Crippen LogP contribution is -2.14. The smallest absolute Gasteiger partial charge is 0.230 e. The molecule has 0 spiro atoms. The number of benzene rings is 2. The maximum atomic E-state index is 13.1. The molecule has 0 aliphatic carbocycles. The topological polar surface area (TPSA) is 42.0 Å². The van der Waals surface area contributed by atoms with E-state index in [4.69, 9.17) is 23.2 Å². The van der Waals surface area contributed by atoms with Crippen molar-refractivity contribution >= 4 is 55.8 Å². The normalized spacial score (nSPS) is 10.9. The summed E-state index contributed by atoms with van der Waals surface area (Å²) in [4.78, 5) is 16.3. The molecule has 0 fully saturated rings. The zero-order valence-electron chi connectivity index (χ0n) is 11.1. The largest absolute Gasteiger partial charge is 0.302 e. The number of amides is 1. The van der Waals surface area contributed by atoms with Gasteiger partial charge in [0, 0.05) is 10.0 Å². The van der Waals surface area contributed by atoms with Crippen molar-refractivity contribution < 1.29 is 9.18 Å². The molecule has 7 heteroatoms. The second-order valence-corrected chi connectivity index (χ2v) is 6.47. The van der Waals surface area contributed by atoms with Gasteiger partial charge in [-0.1, -0.05) is 40.6 Å². The predicted octanol–water partition coefficient (Wildman–Crippen LogP) is 4.92. The molecular formula is C15H9Cl2FN2OS. The van der Waals surface area contributed by atoms with Gasteiger partial charge in [0.05, 0.1) is 16.6 Å². The first-order chi connectivity index (χ1) is 10.5. The lowest BCUT2D eigenvalue weighted by Gasteiger charge is -2.04. The van der Waals surface area contributed by atoms with E-state index in [1.54, 1.807) is 24.3 Å². The second-order valence-electron chi connectivity index (χ2n) is 4.59. The molecule has 0 aliphatic rings. The summed E-state index contributed by atoms with van der Waals surface area (Å²) in [5.41, 5.74) is 1.32. The summed E-state index contributed by atoms with van der Waals surface area (Å²) < 4.78 is 13.8. The van der Waals surface area contributed by atoms with Crippen LogP contribution in [0, 0.1) is 5.82 Å². The quantitative estimate of drug-likeness (QED) is 0.724. The number of thiazole rings is 1. The van der Waals surface area contributed by atoms with Gasteiger partial charge in [-0.25, -0.2) is 9.37 Å². The van der Waals surface area contributed by atoms with Crippen molar-refractivity contribution in [2.75, 3.05) is 5.32 Å². The Kier molecular flexibility index (Phi) is 4.29. The van der Waals surface area contributed by atoms with Gasteiger partial charge in [0.2, 0.25) is 5.91 Å². The van der Waals surface area contributed by atoms with Crippen LogP contribution in [0.1, 0.15) is 5.56 Å². The summed E-state index contributed by atoms with van der Waals surface area (Å²) in [5.74, 6) is -0.578. The summed E-state index contributed by atoms with van der Waals surface area (Å²) in [5, 5.41) is 4.08. The van der Waals surface area contributed by atoms with E-state index in [2.05, 4.69) is 10.3 Å². The third-order valence-electron chi connectivity index (χ3n) is 2.96. The minimum atomic E-state index is -0.332. The lowest BCUT2D eigenvalue weighted by atomic mass is 10.1. The molecule has 0 saturated heterocycles. The Bertz CT molecular complexity index is 866. The van der Waals surface area contributed by atoms with E-state index in [-0.39, 0.29) is 18.1 Å². The third kappa shape index (κ3) is 3.38. The van der Waals surface area contributed by atoms with Crippen LogP contribution in [-0.4, -0.2) is 10.9 Å². The summed E-state index contributed by atoms with van der Waals surface area (Å²) in [6.07, 6.45) is 0.111. The van der Waals surface area contributed by atoms with E-state index in [9.17, 15) is 9.18 Å². The van der Waals surface area contributed by atoms with Gasteiger partial charge < -0.3 is 5.32 Å². The molecule has 22 heavy (non-hydrogen) atoms. The van der Waals surface area contributed by atoms with Crippen LogP contribution in [0.2, 0.25) is 10.0 Å². The molecule has 3 rings (SSSR count). The maximum Gasteiger partial charge on any atom is 0.230 e. The zero-order valence-corrected chi connectivity index (χ0v) is 13.4. The summed E-state index contributed by atoms with van der Waals surface area (Å²) in [7, 11) is 0. The number of rotatable bonds is 3. The van der Waals surface area contributed by atoms with Gasteiger partial charge >= 0.3 is 0 Å². The van der Waals surface area contributed by atoms with Crippen LogP contribution in [0.5, 0.6) is 0 Å². The number of nitrogens with one attached hydrogen (secondary N) is 1. The summed E-state index contributed by atoms with van der Waals surface area (Å²) in [6.45, 7) is 0. The molecule has 0 atom stereocenters. The number of hydrogen-bond donors (Lipinski definition) is 1. The average Bonchev–Trinajstić information content (AvgIpc) is 2.83. The zero-order chi connectivity index (χ0) is 15.7. The van der Waals surface area contributed by atoms with Gasteiger partial charge in [-0.3, -0.25) is 4.79 Å². The molecule has 1 amide bonds. The Labute approximate surface area is 139 Å². The van der Waals surface area contributed by atoms with Crippen molar-refractivity contribution in [3.63, 3.8) is 0 Å². The highest BCUT2D eigenvalue weighted by Gasteiger charge is 2.11. The predicted molar refractivity (Wildman–Crippen MR) is 88.4 cm³/mol. The molecule has 0 aliphatic heterocycles. The molecule has 3 aromatic rings. The Morgan fingerprint density at radius 2 is 2.05 bits per heavy atom. The number of carbonyl (C=O) groups excluding carboxylic acids is 1. The highest BCUT2D eigenvalue weighted by atomic mass is 35.5. The molecule has 1 N–H and O–H groups in total. The highest BCUT2D eigenvalue weighted by molar-refractivity contribution is 7.22. The average molecular weight is 355 g/mol. The molecule has 0 bridgehead atoms. The van der Waals surface area contributed by atoms with Crippen LogP contribution in [0.25, 0.3) is 10.2 Å². The van der Waals surface area contributed by atoms with Crippen molar-refractivity contribution in [2.45, 2.75) is 6.42 Å². The van der Waals surface area contributed by atoms with Gasteiger partial charge in [-0.2, -0.15) is 0 Å². The molecule has 0 saturated carbocycles. The molecular weight excluding hydrogens is 346 g/mol. The fraction of sp³-hybridized carbons (Fsp3) is 0.0667. The Morgan fingerprint density at radius 1 is 1.23 bits per heavy atom. The van der Waals surface area contributed by atoms with Crippen molar-refractivity contribution in [3.05, 3.63) is 57.8 Å². The number of anilines is 1. The SMILES string of the molecule is O=C(Cc1ccc(Cl)cc1Cl)Nc1nc2ccc(F)cc2s1. The molecule has 1 heterocycles. The van der Waals surface area contributed by atoms with Crippen molar-refractivity contribution in [1.82, 2.24) is 4.98 Å². The second kappa shape index (κ2) is 6.20. The first-order valence-corrected chi connectivity index (χ1v) is 7.88. The van der Waals surface area contributed by atoms with E-state index < -0.39 is 0 Å². The van der Waals surface area contributed by atoms with Crippen molar-refractivity contribution in [3.8, 4) is 0 Å². The first-order valence-electron chi connectivity index (χ1n) is 6.31. The maximum absolute atomic E-state index is 13.1. The molecule has 2 aromatic carbocycles. The van der Waals surface area contributed by atoms with Crippen LogP contribution in [0.3, 0.4) is 0 Å². The fourth-order valence-corrected chi connectivity index (χ4v) is 3.34. The fourth-order valence-electron chi connectivity index (χ4n) is 1.95. The van der Waals surface area contributed by atoms with Gasteiger partial charge in [-0.05, 0) is 35.9 Å². The number of halogens is 3. The van der Waals surface area contributed by atoms with Gasteiger partial charge in [0.25, 0.3) is 0 Å². The number of nitrogens with zero attached hydrogens (tertiary/aromatic N) is 1. The molecule has 0 unspecified atom stereocenters. The third-order valence-corrected chi connectivity index (χ3v) is 4.48. The van der Waals surface area contributed by atoms with Crippen LogP contribution < -0.4 is 5.32 Å². The van der Waals surface area contributed by atoms with Crippen LogP contribution >= 0.6 is 34.5 Å². The van der Waals surface area contributed by atoms with Crippen molar-refractivity contribution in [2.24, 2.45) is 0 Å². The van der Waals surface area contributed by atoms with E-state index in [1.165, 1.54) is 23.5 Å². The highest BCUT2D eigenvalue weighted by Crippen LogP contribution is 2.27.